The number of carboxylic acid groups (broad SMARTS) is 1. The van der Waals surface area contributed by atoms with Crippen LogP contribution >= 0.6 is 35.7 Å². The van der Waals surface area contributed by atoms with Gasteiger partial charge in [0, 0.05) is 22.8 Å². The van der Waals surface area contributed by atoms with Gasteiger partial charge in [0.15, 0.2) is 0 Å². The fourth-order valence-corrected chi connectivity index (χ4v) is 7.86. The summed E-state index contributed by atoms with van der Waals surface area (Å²) in [6.45, 7) is 2.59. The number of allylic oxidation sites excluding steroid dienone is 5. The molecule has 0 unspecified atom stereocenters. The average molecular weight is 624 g/mol. The molecule has 43 heavy (non-hydrogen) atoms. The molecule has 2 aliphatic heterocycles. The summed E-state index contributed by atoms with van der Waals surface area (Å²) in [4.78, 5) is 32.0. The smallest absolute Gasteiger partial charge is 0.323 e. The largest absolute Gasteiger partial charge is 0.480 e. The van der Waals surface area contributed by atoms with E-state index in [1.165, 1.54) is 15.6 Å². The Labute approximate surface area is 265 Å². The third kappa shape index (κ3) is 5.93. The van der Waals surface area contributed by atoms with Gasteiger partial charge >= 0.3 is 5.97 Å². The van der Waals surface area contributed by atoms with Crippen LogP contribution in [0, 0.1) is 0 Å². The summed E-state index contributed by atoms with van der Waals surface area (Å²) in [5.74, 6) is -1.46. The van der Waals surface area contributed by atoms with E-state index < -0.39 is 12.5 Å². The van der Waals surface area contributed by atoms with E-state index >= 15 is 0 Å². The van der Waals surface area contributed by atoms with Gasteiger partial charge < -0.3 is 14.9 Å². The molecule has 216 valence electrons. The lowest BCUT2D eigenvalue weighted by Crippen LogP contribution is -2.33. The average Bonchev–Trinajstić information content (AvgIpc) is 3.66. The van der Waals surface area contributed by atoms with E-state index in [9.17, 15) is 14.7 Å². The zero-order valence-corrected chi connectivity index (χ0v) is 25.9. The summed E-state index contributed by atoms with van der Waals surface area (Å²) in [6.07, 6.45) is 7.84. The molecule has 6 nitrogen and oxygen atoms in total. The lowest BCUT2D eigenvalue weighted by molar-refractivity contribution is -0.140. The SMILES string of the molecule is CCN1C(=CC=C2CCC(C=C3SC(=S)N(CC(=O)O)C3=O)=C2N(c2ccccc2)c2ccccc2)Sc2ccccc21. The van der Waals surface area contributed by atoms with Crippen molar-refractivity contribution in [2.75, 3.05) is 22.9 Å². The monoisotopic (exact) mass is 623 g/mol. The molecule has 0 bridgehead atoms. The van der Waals surface area contributed by atoms with Crippen molar-refractivity contribution in [1.82, 2.24) is 4.90 Å². The Morgan fingerprint density at radius 3 is 2.21 bits per heavy atom. The summed E-state index contributed by atoms with van der Waals surface area (Å²) in [7, 11) is 0. The van der Waals surface area contributed by atoms with Gasteiger partial charge in [0.2, 0.25) is 0 Å². The highest BCUT2D eigenvalue weighted by Gasteiger charge is 2.35. The topological polar surface area (TPSA) is 64.1 Å². The van der Waals surface area contributed by atoms with Crippen LogP contribution in [0.2, 0.25) is 0 Å². The Kier molecular flexibility index (Phi) is 8.56. The molecule has 3 aromatic rings. The van der Waals surface area contributed by atoms with Crippen LogP contribution in [0.15, 0.2) is 135 Å². The number of thioether (sulfide) groups is 2. The van der Waals surface area contributed by atoms with Gasteiger partial charge in [-0.1, -0.05) is 90.3 Å². The van der Waals surface area contributed by atoms with Gasteiger partial charge in [-0.25, -0.2) is 0 Å². The van der Waals surface area contributed by atoms with Crippen LogP contribution in [-0.2, 0) is 9.59 Å². The number of rotatable bonds is 8. The molecule has 1 saturated heterocycles. The number of amides is 1. The van der Waals surface area contributed by atoms with E-state index in [2.05, 4.69) is 77.4 Å². The van der Waals surface area contributed by atoms with Gasteiger partial charge in [-0.15, -0.1) is 0 Å². The fourth-order valence-electron chi connectivity index (χ4n) is 5.47. The second-order valence-corrected chi connectivity index (χ2v) is 12.8. The zero-order valence-electron chi connectivity index (χ0n) is 23.5. The molecule has 1 amide bonds. The highest BCUT2D eigenvalue weighted by molar-refractivity contribution is 8.26. The quantitative estimate of drug-likeness (QED) is 0.200. The minimum Gasteiger partial charge on any atom is -0.480 e. The highest BCUT2D eigenvalue weighted by Crippen LogP contribution is 2.47. The van der Waals surface area contributed by atoms with Crippen molar-refractivity contribution >= 4 is 69.0 Å². The molecule has 3 aromatic carbocycles. The summed E-state index contributed by atoms with van der Waals surface area (Å²) in [6, 6.07) is 28.9. The summed E-state index contributed by atoms with van der Waals surface area (Å²) >= 11 is 8.31. The van der Waals surface area contributed by atoms with Crippen LogP contribution in [0.1, 0.15) is 19.8 Å². The molecule has 0 radical (unpaired) electrons. The Morgan fingerprint density at radius 1 is 0.907 bits per heavy atom. The van der Waals surface area contributed by atoms with Crippen LogP contribution in [-0.4, -0.2) is 39.3 Å². The molecule has 2 heterocycles. The van der Waals surface area contributed by atoms with Gasteiger partial charge in [0.05, 0.1) is 21.3 Å². The molecular formula is C34H29N3O3S3. The van der Waals surface area contributed by atoms with Gasteiger partial charge in [-0.05, 0) is 79.5 Å². The molecule has 1 N–H and O–H groups in total. The maximum absolute atomic E-state index is 13.2. The Hall–Kier alpha value is -4.05. The van der Waals surface area contributed by atoms with Gasteiger partial charge in [0.25, 0.3) is 5.91 Å². The number of aliphatic carboxylic acids is 1. The standard InChI is InChI=1S/C34H29N3O3S3/c1-2-35-27-15-9-10-16-28(27)42-30(35)20-19-23-17-18-24(21-29-33(40)36(22-31(38)39)34(41)43-29)32(23)37(25-11-5-3-6-12-25)26-13-7-4-8-14-26/h3-16,19-21H,2,17-18,22H2,1H3,(H,38,39). The zero-order chi connectivity index (χ0) is 29.9. The number of carboxylic acids is 1. The lowest BCUT2D eigenvalue weighted by Gasteiger charge is -2.28. The van der Waals surface area contributed by atoms with Gasteiger partial charge in [-0.2, -0.15) is 0 Å². The predicted octanol–water partition coefficient (Wildman–Crippen LogP) is 8.10. The van der Waals surface area contributed by atoms with Crippen molar-refractivity contribution in [3.63, 3.8) is 0 Å². The molecule has 0 saturated carbocycles. The first-order valence-corrected chi connectivity index (χ1v) is 16.0. The molecular weight excluding hydrogens is 595 g/mol. The van der Waals surface area contributed by atoms with Crippen LogP contribution in [0.3, 0.4) is 0 Å². The van der Waals surface area contributed by atoms with E-state index in [1.807, 2.05) is 42.5 Å². The van der Waals surface area contributed by atoms with E-state index in [1.54, 1.807) is 11.8 Å². The third-order valence-corrected chi connectivity index (χ3v) is 9.89. The fraction of sp³-hybridized carbons (Fsp3) is 0.147. The normalized spacial score (nSPS) is 19.3. The Bertz CT molecular complexity index is 1670. The van der Waals surface area contributed by atoms with Crippen LogP contribution < -0.4 is 9.80 Å². The summed E-state index contributed by atoms with van der Waals surface area (Å²) in [5, 5.41) is 10.5. The minimum absolute atomic E-state index is 0.264. The molecule has 3 aliphatic rings. The number of benzene rings is 3. The van der Waals surface area contributed by atoms with E-state index in [-0.39, 0.29) is 10.2 Å². The summed E-state index contributed by atoms with van der Waals surface area (Å²) < 4.78 is 0.264. The number of anilines is 3. The molecule has 9 heteroatoms. The van der Waals surface area contributed by atoms with E-state index in [0.717, 1.165) is 64.3 Å². The first-order chi connectivity index (χ1) is 20.9. The van der Waals surface area contributed by atoms with Crippen LogP contribution in [0.5, 0.6) is 0 Å². The molecule has 0 atom stereocenters. The van der Waals surface area contributed by atoms with Crippen LogP contribution in [0.25, 0.3) is 0 Å². The number of carbonyl (C=O) groups is 2. The van der Waals surface area contributed by atoms with Crippen molar-refractivity contribution in [3.8, 4) is 0 Å². The second-order valence-electron chi connectivity index (χ2n) is 10.1. The number of nitrogens with zero attached hydrogens (tertiary/aromatic N) is 3. The van der Waals surface area contributed by atoms with Gasteiger partial charge in [0.1, 0.15) is 10.9 Å². The number of carbonyl (C=O) groups excluding carboxylic acids is 1. The van der Waals surface area contributed by atoms with Crippen molar-refractivity contribution in [2.24, 2.45) is 0 Å². The first kappa shape index (κ1) is 29.0. The number of hydrogen-bond donors (Lipinski definition) is 1. The van der Waals surface area contributed by atoms with Crippen molar-refractivity contribution in [3.05, 3.63) is 130 Å². The number of thiocarbonyl (C=S) groups is 1. The Morgan fingerprint density at radius 2 is 1.56 bits per heavy atom. The number of para-hydroxylation sites is 3. The van der Waals surface area contributed by atoms with E-state index in [4.69, 9.17) is 12.2 Å². The summed E-state index contributed by atoms with van der Waals surface area (Å²) in [5.41, 5.74) is 6.41. The first-order valence-electron chi connectivity index (χ1n) is 14.0. The van der Waals surface area contributed by atoms with Crippen molar-refractivity contribution in [1.29, 1.82) is 0 Å². The van der Waals surface area contributed by atoms with Crippen molar-refractivity contribution < 1.29 is 14.7 Å². The van der Waals surface area contributed by atoms with Gasteiger partial charge in [-0.3, -0.25) is 14.5 Å². The predicted molar refractivity (Wildman–Crippen MR) is 180 cm³/mol. The number of fused-ring (bicyclic) bond motifs is 1. The maximum Gasteiger partial charge on any atom is 0.323 e. The number of hydrogen-bond acceptors (Lipinski definition) is 7. The lowest BCUT2D eigenvalue weighted by atomic mass is 10.1. The van der Waals surface area contributed by atoms with Crippen LogP contribution in [0.4, 0.5) is 17.1 Å². The maximum atomic E-state index is 13.2. The van der Waals surface area contributed by atoms with E-state index in [0.29, 0.717) is 4.91 Å². The highest BCUT2D eigenvalue weighted by atomic mass is 32.2. The van der Waals surface area contributed by atoms with Crippen molar-refractivity contribution in [2.45, 2.75) is 24.7 Å². The third-order valence-electron chi connectivity index (χ3n) is 7.38. The minimum atomic E-state index is -1.09. The molecule has 0 aromatic heterocycles. The molecule has 1 fully saturated rings. The molecule has 0 spiro atoms. The molecule has 6 rings (SSSR count). The molecule has 1 aliphatic carbocycles. The second kappa shape index (κ2) is 12.7. The Balaban J connectivity index is 1.48.